The Hall–Kier alpha value is -0.820. The lowest BCUT2D eigenvalue weighted by Gasteiger charge is -2.41. The minimum absolute atomic E-state index is 0.335. The van der Waals surface area contributed by atoms with Crippen LogP contribution >= 0.6 is 0 Å². The predicted octanol–water partition coefficient (Wildman–Crippen LogP) is 2.36. The summed E-state index contributed by atoms with van der Waals surface area (Å²) in [6.45, 7) is 4.02. The van der Waals surface area contributed by atoms with Crippen molar-refractivity contribution in [2.45, 2.75) is 18.8 Å². The van der Waals surface area contributed by atoms with Gasteiger partial charge in [0.05, 0.1) is 13.2 Å². The molecule has 0 aliphatic carbocycles. The summed E-state index contributed by atoms with van der Waals surface area (Å²) >= 11 is 0. The summed E-state index contributed by atoms with van der Waals surface area (Å²) in [7, 11) is 0. The van der Waals surface area contributed by atoms with E-state index in [-0.39, 0.29) is 0 Å². The van der Waals surface area contributed by atoms with Crippen LogP contribution in [0.2, 0.25) is 0 Å². The molecule has 1 aliphatic rings. The molecule has 0 unspecified atom stereocenters. The summed E-state index contributed by atoms with van der Waals surface area (Å²) in [6, 6.07) is 10.7. The van der Waals surface area contributed by atoms with Crippen LogP contribution < -0.4 is 0 Å². The molecule has 1 saturated heterocycles. The van der Waals surface area contributed by atoms with E-state index in [9.17, 15) is 0 Å². The Morgan fingerprint density at radius 1 is 1.25 bits per heavy atom. The van der Waals surface area contributed by atoms with Crippen molar-refractivity contribution in [2.24, 2.45) is 0 Å². The molecule has 0 atom stereocenters. The van der Waals surface area contributed by atoms with Crippen LogP contribution in [-0.2, 0) is 10.2 Å². The zero-order valence-electron chi connectivity index (χ0n) is 7.42. The molecule has 1 aliphatic heterocycles. The molecule has 1 aromatic carbocycles. The third-order valence-electron chi connectivity index (χ3n) is 2.82. The predicted molar refractivity (Wildman–Crippen MR) is 49.2 cm³/mol. The normalized spacial score (nSPS) is 20.1. The van der Waals surface area contributed by atoms with E-state index < -0.39 is 0 Å². The van der Waals surface area contributed by atoms with Crippen LogP contribution in [0.4, 0.5) is 0 Å². The van der Waals surface area contributed by atoms with Crippen LogP contribution in [0.1, 0.15) is 18.9 Å². The van der Waals surface area contributed by atoms with Gasteiger partial charge in [-0.15, -0.1) is 0 Å². The van der Waals surface area contributed by atoms with E-state index in [1.54, 1.807) is 0 Å². The maximum atomic E-state index is 5.28. The SMILES string of the molecule is CCC1(c2ccccc2)COC1. The molecule has 0 aromatic heterocycles. The number of hydrogen-bond donors (Lipinski definition) is 0. The molecular weight excluding hydrogens is 148 g/mol. The van der Waals surface area contributed by atoms with E-state index in [0.717, 1.165) is 13.2 Å². The fourth-order valence-corrected chi connectivity index (χ4v) is 1.72. The Balaban J connectivity index is 2.28. The Labute approximate surface area is 73.4 Å². The molecule has 0 spiro atoms. The van der Waals surface area contributed by atoms with Crippen molar-refractivity contribution in [3.63, 3.8) is 0 Å². The molecule has 1 heterocycles. The summed E-state index contributed by atoms with van der Waals surface area (Å²) < 4.78 is 5.28. The van der Waals surface area contributed by atoms with Gasteiger partial charge in [-0.05, 0) is 12.0 Å². The average molecular weight is 162 g/mol. The molecule has 1 fully saturated rings. The van der Waals surface area contributed by atoms with Gasteiger partial charge in [0.2, 0.25) is 0 Å². The molecule has 0 N–H and O–H groups in total. The second-order valence-corrected chi connectivity index (χ2v) is 3.49. The molecule has 0 amide bonds. The highest BCUT2D eigenvalue weighted by Crippen LogP contribution is 2.34. The Bertz CT molecular complexity index is 243. The van der Waals surface area contributed by atoms with Crippen LogP contribution in [0.15, 0.2) is 30.3 Å². The van der Waals surface area contributed by atoms with Crippen LogP contribution in [0.3, 0.4) is 0 Å². The minimum Gasteiger partial charge on any atom is -0.379 e. The van der Waals surface area contributed by atoms with Crippen LogP contribution in [0, 0.1) is 0 Å². The van der Waals surface area contributed by atoms with Crippen molar-refractivity contribution in [1.29, 1.82) is 0 Å². The lowest BCUT2D eigenvalue weighted by molar-refractivity contribution is -0.0620. The van der Waals surface area contributed by atoms with Gasteiger partial charge in [-0.2, -0.15) is 0 Å². The van der Waals surface area contributed by atoms with Gasteiger partial charge in [-0.3, -0.25) is 0 Å². The third kappa shape index (κ3) is 1.05. The quantitative estimate of drug-likeness (QED) is 0.648. The van der Waals surface area contributed by atoms with E-state index in [2.05, 4.69) is 37.3 Å². The Kier molecular flexibility index (Phi) is 1.89. The smallest absolute Gasteiger partial charge is 0.0585 e. The molecule has 1 nitrogen and oxygen atoms in total. The molecule has 1 heteroatoms. The first-order valence-corrected chi connectivity index (χ1v) is 4.51. The third-order valence-corrected chi connectivity index (χ3v) is 2.82. The lowest BCUT2D eigenvalue weighted by Crippen LogP contribution is -2.46. The zero-order chi connectivity index (χ0) is 8.44. The van der Waals surface area contributed by atoms with Gasteiger partial charge in [0.25, 0.3) is 0 Å². The number of ether oxygens (including phenoxy) is 1. The maximum Gasteiger partial charge on any atom is 0.0585 e. The van der Waals surface area contributed by atoms with Crippen LogP contribution in [-0.4, -0.2) is 13.2 Å². The Morgan fingerprint density at radius 3 is 2.33 bits per heavy atom. The summed E-state index contributed by atoms with van der Waals surface area (Å²) in [6.07, 6.45) is 1.18. The summed E-state index contributed by atoms with van der Waals surface area (Å²) in [4.78, 5) is 0. The average Bonchev–Trinajstić information content (AvgIpc) is 2.05. The van der Waals surface area contributed by atoms with Crippen LogP contribution in [0.25, 0.3) is 0 Å². The van der Waals surface area contributed by atoms with Crippen molar-refractivity contribution >= 4 is 0 Å². The minimum atomic E-state index is 0.335. The molecule has 0 bridgehead atoms. The molecule has 0 saturated carbocycles. The summed E-state index contributed by atoms with van der Waals surface area (Å²) in [5.41, 5.74) is 1.76. The fourth-order valence-electron chi connectivity index (χ4n) is 1.72. The molecule has 2 rings (SSSR count). The summed E-state index contributed by atoms with van der Waals surface area (Å²) in [5, 5.41) is 0. The molecule has 64 valence electrons. The van der Waals surface area contributed by atoms with Gasteiger partial charge in [0, 0.05) is 5.41 Å². The summed E-state index contributed by atoms with van der Waals surface area (Å²) in [5.74, 6) is 0. The van der Waals surface area contributed by atoms with Gasteiger partial charge in [-0.25, -0.2) is 0 Å². The van der Waals surface area contributed by atoms with Crippen LogP contribution in [0.5, 0.6) is 0 Å². The second kappa shape index (κ2) is 2.91. The highest BCUT2D eigenvalue weighted by molar-refractivity contribution is 5.27. The first-order valence-electron chi connectivity index (χ1n) is 4.51. The zero-order valence-corrected chi connectivity index (χ0v) is 7.42. The van der Waals surface area contributed by atoms with Gasteiger partial charge >= 0.3 is 0 Å². The van der Waals surface area contributed by atoms with Gasteiger partial charge in [0.15, 0.2) is 0 Å². The second-order valence-electron chi connectivity index (χ2n) is 3.49. The number of hydrogen-bond acceptors (Lipinski definition) is 1. The van der Waals surface area contributed by atoms with Crippen molar-refractivity contribution in [3.8, 4) is 0 Å². The largest absolute Gasteiger partial charge is 0.379 e. The van der Waals surface area contributed by atoms with Crippen molar-refractivity contribution in [1.82, 2.24) is 0 Å². The first kappa shape index (κ1) is 7.81. The van der Waals surface area contributed by atoms with E-state index in [4.69, 9.17) is 4.74 Å². The molecular formula is C11H14O. The number of rotatable bonds is 2. The van der Waals surface area contributed by atoms with Crippen molar-refractivity contribution in [3.05, 3.63) is 35.9 Å². The fraction of sp³-hybridized carbons (Fsp3) is 0.455. The van der Waals surface area contributed by atoms with E-state index in [1.807, 2.05) is 0 Å². The van der Waals surface area contributed by atoms with E-state index in [0.29, 0.717) is 5.41 Å². The highest BCUT2D eigenvalue weighted by Gasteiger charge is 2.37. The van der Waals surface area contributed by atoms with E-state index >= 15 is 0 Å². The molecule has 0 radical (unpaired) electrons. The van der Waals surface area contributed by atoms with Crippen molar-refractivity contribution in [2.75, 3.05) is 13.2 Å². The number of benzene rings is 1. The van der Waals surface area contributed by atoms with Gasteiger partial charge in [0.1, 0.15) is 0 Å². The highest BCUT2D eigenvalue weighted by atomic mass is 16.5. The standard InChI is InChI=1S/C11H14O/c1-2-11(8-12-9-11)10-6-4-3-5-7-10/h3-7H,2,8-9H2,1H3. The van der Waals surface area contributed by atoms with Gasteiger partial charge < -0.3 is 4.74 Å². The topological polar surface area (TPSA) is 9.23 Å². The monoisotopic (exact) mass is 162 g/mol. The molecule has 1 aromatic rings. The van der Waals surface area contributed by atoms with E-state index in [1.165, 1.54) is 12.0 Å². The lowest BCUT2D eigenvalue weighted by atomic mass is 9.76. The van der Waals surface area contributed by atoms with Crippen molar-refractivity contribution < 1.29 is 4.74 Å². The van der Waals surface area contributed by atoms with Gasteiger partial charge in [-0.1, -0.05) is 37.3 Å². The molecule has 12 heavy (non-hydrogen) atoms. The first-order chi connectivity index (χ1) is 5.87. The Morgan fingerprint density at radius 2 is 1.92 bits per heavy atom. The maximum absolute atomic E-state index is 5.28.